The van der Waals surface area contributed by atoms with E-state index in [1.807, 2.05) is 12.1 Å². The molecule has 0 atom stereocenters. The van der Waals surface area contributed by atoms with Gasteiger partial charge in [0.25, 0.3) is 0 Å². The van der Waals surface area contributed by atoms with Crippen LogP contribution in [-0.2, 0) is 20.7 Å². The van der Waals surface area contributed by atoms with Crippen LogP contribution in [-0.4, -0.2) is 25.7 Å². The van der Waals surface area contributed by atoms with Crippen molar-refractivity contribution in [2.24, 2.45) is 0 Å². The zero-order valence-corrected chi connectivity index (χ0v) is 13.1. The molecule has 0 N–H and O–H groups in total. The number of hydrogen-bond donors (Lipinski definition) is 0. The van der Waals surface area contributed by atoms with Crippen molar-refractivity contribution in [2.45, 2.75) is 32.6 Å². The standard InChI is InChI=1S/C17H22O5/c1-4-16(19)21-12-7-5-6-9-14-10-8-11-15(17(14)20-3)22-13(2)18/h4,8,10-11H,1,5-7,9,12H2,2-3H3. The first kappa shape index (κ1) is 17.8. The highest BCUT2D eigenvalue weighted by Gasteiger charge is 2.11. The quantitative estimate of drug-likeness (QED) is 0.304. The molecule has 5 nitrogen and oxygen atoms in total. The normalized spacial score (nSPS) is 9.91. The van der Waals surface area contributed by atoms with Crippen molar-refractivity contribution in [3.8, 4) is 11.5 Å². The van der Waals surface area contributed by atoms with Crippen LogP contribution in [0.25, 0.3) is 0 Å². The van der Waals surface area contributed by atoms with Crippen LogP contribution in [0.1, 0.15) is 31.7 Å². The number of esters is 2. The number of ether oxygens (including phenoxy) is 3. The molecule has 0 aliphatic heterocycles. The van der Waals surface area contributed by atoms with Crippen LogP contribution in [0.3, 0.4) is 0 Å². The van der Waals surface area contributed by atoms with E-state index < -0.39 is 5.97 Å². The van der Waals surface area contributed by atoms with Crippen molar-refractivity contribution in [1.82, 2.24) is 0 Å². The highest BCUT2D eigenvalue weighted by atomic mass is 16.6. The van der Waals surface area contributed by atoms with E-state index in [9.17, 15) is 9.59 Å². The van der Waals surface area contributed by atoms with E-state index in [-0.39, 0.29) is 5.97 Å². The number of carbonyl (C=O) groups excluding carboxylic acids is 2. The molecule has 22 heavy (non-hydrogen) atoms. The molecule has 1 aromatic rings. The molecule has 0 radical (unpaired) electrons. The molecule has 0 saturated heterocycles. The molecule has 0 amide bonds. The molecule has 1 aromatic carbocycles. The summed E-state index contributed by atoms with van der Waals surface area (Å²) in [5, 5.41) is 0. The molecular weight excluding hydrogens is 284 g/mol. The predicted octanol–water partition coefficient (Wildman–Crippen LogP) is 3.06. The van der Waals surface area contributed by atoms with Gasteiger partial charge in [0.05, 0.1) is 13.7 Å². The Labute approximate surface area is 130 Å². The topological polar surface area (TPSA) is 61.8 Å². The van der Waals surface area contributed by atoms with Crippen molar-refractivity contribution in [1.29, 1.82) is 0 Å². The van der Waals surface area contributed by atoms with E-state index in [0.717, 1.165) is 37.3 Å². The third kappa shape index (κ3) is 5.99. The van der Waals surface area contributed by atoms with Gasteiger partial charge >= 0.3 is 11.9 Å². The van der Waals surface area contributed by atoms with Gasteiger partial charge in [-0.3, -0.25) is 4.79 Å². The lowest BCUT2D eigenvalue weighted by molar-refractivity contribution is -0.138. The van der Waals surface area contributed by atoms with Gasteiger partial charge in [-0.25, -0.2) is 4.79 Å². The second kappa shape index (κ2) is 9.60. The first-order valence-electron chi connectivity index (χ1n) is 7.22. The summed E-state index contributed by atoms with van der Waals surface area (Å²) in [6.45, 7) is 5.09. The molecule has 0 bridgehead atoms. The summed E-state index contributed by atoms with van der Waals surface area (Å²) in [6.07, 6.45) is 4.60. The van der Waals surface area contributed by atoms with Gasteiger partial charge in [-0.1, -0.05) is 18.7 Å². The molecule has 0 aliphatic carbocycles. The largest absolute Gasteiger partial charge is 0.493 e. The third-order valence-corrected chi connectivity index (χ3v) is 3.02. The Morgan fingerprint density at radius 1 is 1.23 bits per heavy atom. The van der Waals surface area contributed by atoms with Crippen LogP contribution < -0.4 is 9.47 Å². The Hall–Kier alpha value is -2.30. The van der Waals surface area contributed by atoms with Crippen LogP contribution in [0.4, 0.5) is 0 Å². The SMILES string of the molecule is C=CC(=O)OCCCCCc1cccc(OC(C)=O)c1OC. The van der Waals surface area contributed by atoms with Crippen LogP contribution in [0, 0.1) is 0 Å². The number of carbonyl (C=O) groups is 2. The van der Waals surface area contributed by atoms with Crippen molar-refractivity contribution in [2.75, 3.05) is 13.7 Å². The Morgan fingerprint density at radius 3 is 2.64 bits per heavy atom. The molecule has 0 aliphatic rings. The second-order valence-corrected chi connectivity index (χ2v) is 4.72. The van der Waals surface area contributed by atoms with E-state index in [1.54, 1.807) is 13.2 Å². The lowest BCUT2D eigenvalue weighted by atomic mass is 10.1. The molecule has 0 spiro atoms. The van der Waals surface area contributed by atoms with Crippen molar-refractivity contribution in [3.05, 3.63) is 36.4 Å². The maximum atomic E-state index is 11.1. The Balaban J connectivity index is 2.46. The fourth-order valence-electron chi connectivity index (χ4n) is 2.05. The average molecular weight is 306 g/mol. The van der Waals surface area contributed by atoms with Crippen LogP contribution in [0.2, 0.25) is 0 Å². The van der Waals surface area contributed by atoms with Gasteiger partial charge in [0.1, 0.15) is 0 Å². The molecule has 0 unspecified atom stereocenters. The smallest absolute Gasteiger partial charge is 0.330 e. The highest BCUT2D eigenvalue weighted by Crippen LogP contribution is 2.32. The number of methoxy groups -OCH3 is 1. The van der Waals surface area contributed by atoms with Gasteiger partial charge in [0.15, 0.2) is 11.5 Å². The summed E-state index contributed by atoms with van der Waals surface area (Å²) in [5.74, 6) is 0.262. The van der Waals surface area contributed by atoms with Crippen molar-refractivity contribution in [3.63, 3.8) is 0 Å². The first-order valence-corrected chi connectivity index (χ1v) is 7.22. The third-order valence-electron chi connectivity index (χ3n) is 3.02. The minimum atomic E-state index is -0.393. The summed E-state index contributed by atoms with van der Waals surface area (Å²) in [5.41, 5.74) is 0.990. The van der Waals surface area contributed by atoms with Gasteiger partial charge in [-0.2, -0.15) is 0 Å². The molecule has 120 valence electrons. The Bertz CT molecular complexity index is 522. The monoisotopic (exact) mass is 306 g/mol. The van der Waals surface area contributed by atoms with Crippen LogP contribution >= 0.6 is 0 Å². The number of para-hydroxylation sites is 1. The fourth-order valence-corrected chi connectivity index (χ4v) is 2.05. The molecular formula is C17H22O5. The van der Waals surface area contributed by atoms with E-state index >= 15 is 0 Å². The minimum Gasteiger partial charge on any atom is -0.493 e. The summed E-state index contributed by atoms with van der Waals surface area (Å²) in [6, 6.07) is 5.49. The predicted molar refractivity (Wildman–Crippen MR) is 83.0 cm³/mol. The van der Waals surface area contributed by atoms with Gasteiger partial charge in [0, 0.05) is 13.0 Å². The summed E-state index contributed by atoms with van der Waals surface area (Å²) in [7, 11) is 1.56. The van der Waals surface area contributed by atoms with E-state index in [2.05, 4.69) is 6.58 Å². The molecule has 0 heterocycles. The highest BCUT2D eigenvalue weighted by molar-refractivity contribution is 5.81. The zero-order chi connectivity index (χ0) is 16.4. The van der Waals surface area contributed by atoms with Gasteiger partial charge < -0.3 is 14.2 Å². The maximum Gasteiger partial charge on any atom is 0.330 e. The van der Waals surface area contributed by atoms with Gasteiger partial charge in [0.2, 0.25) is 0 Å². The summed E-state index contributed by atoms with van der Waals surface area (Å²) >= 11 is 0. The number of aryl methyl sites for hydroxylation is 1. The lowest BCUT2D eigenvalue weighted by Gasteiger charge is -2.12. The molecule has 0 fully saturated rings. The second-order valence-electron chi connectivity index (χ2n) is 4.72. The van der Waals surface area contributed by atoms with Gasteiger partial charge in [-0.05, 0) is 37.3 Å². The number of unbranched alkanes of at least 4 members (excludes halogenated alkanes) is 2. The first-order chi connectivity index (χ1) is 10.6. The van der Waals surface area contributed by atoms with Crippen molar-refractivity contribution < 1.29 is 23.8 Å². The number of rotatable bonds is 9. The van der Waals surface area contributed by atoms with E-state index in [1.165, 1.54) is 6.92 Å². The summed E-state index contributed by atoms with van der Waals surface area (Å²) < 4.78 is 15.4. The molecule has 1 rings (SSSR count). The average Bonchev–Trinajstić information content (AvgIpc) is 2.50. The number of benzene rings is 1. The Kier molecular flexibility index (Phi) is 7.75. The van der Waals surface area contributed by atoms with Crippen molar-refractivity contribution >= 4 is 11.9 Å². The van der Waals surface area contributed by atoms with E-state index in [0.29, 0.717) is 18.1 Å². The van der Waals surface area contributed by atoms with E-state index in [4.69, 9.17) is 14.2 Å². The van der Waals surface area contributed by atoms with Crippen LogP contribution in [0.5, 0.6) is 11.5 Å². The Morgan fingerprint density at radius 2 is 2.00 bits per heavy atom. The fraction of sp³-hybridized carbons (Fsp3) is 0.412. The molecule has 0 saturated carbocycles. The summed E-state index contributed by atoms with van der Waals surface area (Å²) in [4.78, 5) is 22.0. The molecule has 5 heteroatoms. The number of hydrogen-bond acceptors (Lipinski definition) is 5. The zero-order valence-electron chi connectivity index (χ0n) is 13.1. The maximum absolute atomic E-state index is 11.1. The van der Waals surface area contributed by atoms with Crippen LogP contribution in [0.15, 0.2) is 30.9 Å². The minimum absolute atomic E-state index is 0.375. The molecule has 0 aromatic heterocycles. The van der Waals surface area contributed by atoms with Gasteiger partial charge in [-0.15, -0.1) is 0 Å². The lowest BCUT2D eigenvalue weighted by Crippen LogP contribution is -2.04.